The van der Waals surface area contributed by atoms with Crippen LogP contribution in [0.3, 0.4) is 0 Å². The molecule has 0 unspecified atom stereocenters. The predicted octanol–water partition coefficient (Wildman–Crippen LogP) is 2.75. The minimum Gasteiger partial charge on any atom is -0.326 e. The molecule has 4 nitrogen and oxygen atoms in total. The smallest absolute Gasteiger partial charge is 0.130 e. The molecule has 0 amide bonds. The van der Waals surface area contributed by atoms with E-state index in [9.17, 15) is 0 Å². The first kappa shape index (κ1) is 11.4. The van der Waals surface area contributed by atoms with Gasteiger partial charge in [-0.25, -0.2) is 4.98 Å². The molecule has 0 spiro atoms. The molecule has 1 aromatic heterocycles. The number of aromatic nitrogens is 2. The maximum absolute atomic E-state index is 5.92. The summed E-state index contributed by atoms with van der Waals surface area (Å²) in [4.78, 5) is 10.8. The first-order valence-electron chi connectivity index (χ1n) is 6.93. The van der Waals surface area contributed by atoms with Gasteiger partial charge in [0, 0.05) is 18.0 Å². The van der Waals surface area contributed by atoms with E-state index in [1.807, 2.05) is 0 Å². The maximum atomic E-state index is 5.92. The molecule has 1 saturated heterocycles. The van der Waals surface area contributed by atoms with E-state index < -0.39 is 0 Å². The van der Waals surface area contributed by atoms with Crippen molar-refractivity contribution < 1.29 is 4.84 Å². The van der Waals surface area contributed by atoms with Crippen molar-refractivity contribution in [3.63, 3.8) is 0 Å². The summed E-state index contributed by atoms with van der Waals surface area (Å²) in [6.45, 7) is 8.41. The van der Waals surface area contributed by atoms with Crippen LogP contribution in [0.15, 0.2) is 24.3 Å². The summed E-state index contributed by atoms with van der Waals surface area (Å²) in [5, 5.41) is 2.14. The molecule has 0 saturated carbocycles. The normalized spacial score (nSPS) is 26.9. The quantitative estimate of drug-likeness (QED) is 0.727. The van der Waals surface area contributed by atoms with E-state index in [2.05, 4.69) is 54.7 Å². The molecule has 4 rings (SSSR count). The second-order valence-corrected chi connectivity index (χ2v) is 6.57. The van der Waals surface area contributed by atoms with Gasteiger partial charge >= 0.3 is 0 Å². The van der Waals surface area contributed by atoms with Gasteiger partial charge in [-0.1, -0.05) is 12.1 Å². The minimum absolute atomic E-state index is 0.00667. The minimum atomic E-state index is 0.00667. The fraction of sp³-hybridized carbons (Fsp3) is 0.533. The molecular weight excluding hydrogens is 238 g/mol. The molecule has 3 heterocycles. The van der Waals surface area contributed by atoms with E-state index in [-0.39, 0.29) is 5.54 Å². The van der Waals surface area contributed by atoms with Crippen LogP contribution in [0.1, 0.15) is 32.6 Å². The number of para-hydroxylation sites is 2. The fourth-order valence-corrected chi connectivity index (χ4v) is 3.36. The molecule has 2 aliphatic rings. The van der Waals surface area contributed by atoms with Crippen molar-refractivity contribution in [3.05, 3.63) is 30.1 Å². The van der Waals surface area contributed by atoms with Crippen LogP contribution < -0.4 is 0 Å². The molecule has 2 atom stereocenters. The summed E-state index contributed by atoms with van der Waals surface area (Å²) in [6.07, 6.45) is 0. The molecule has 4 heteroatoms. The molecular formula is C15H19N3O. The number of fused-ring (bicyclic) bond motifs is 5. The van der Waals surface area contributed by atoms with E-state index >= 15 is 0 Å². The van der Waals surface area contributed by atoms with Gasteiger partial charge in [0.15, 0.2) is 0 Å². The molecule has 2 aromatic rings. The monoisotopic (exact) mass is 257 g/mol. The first-order chi connectivity index (χ1) is 9.05. The summed E-state index contributed by atoms with van der Waals surface area (Å²) in [6, 6.07) is 8.69. The number of benzene rings is 1. The Morgan fingerprint density at radius 1 is 1.26 bits per heavy atom. The third-order valence-corrected chi connectivity index (χ3v) is 4.15. The number of rotatable bonds is 0. The van der Waals surface area contributed by atoms with E-state index in [1.165, 1.54) is 11.3 Å². The maximum Gasteiger partial charge on any atom is 0.130 e. The number of hydrogen-bond acceptors (Lipinski definition) is 3. The summed E-state index contributed by atoms with van der Waals surface area (Å²) < 4.78 is 2.37. The highest BCUT2D eigenvalue weighted by Crippen LogP contribution is 2.45. The largest absolute Gasteiger partial charge is 0.326 e. The van der Waals surface area contributed by atoms with Gasteiger partial charge in [-0.3, -0.25) is 4.84 Å². The highest BCUT2D eigenvalue weighted by Gasteiger charge is 2.48. The molecule has 2 aliphatic heterocycles. The zero-order valence-electron chi connectivity index (χ0n) is 11.6. The average molecular weight is 257 g/mol. The van der Waals surface area contributed by atoms with Gasteiger partial charge in [-0.2, -0.15) is 5.06 Å². The Labute approximate surface area is 112 Å². The lowest BCUT2D eigenvalue weighted by atomic mass is 10.00. The van der Waals surface area contributed by atoms with E-state index in [1.54, 1.807) is 0 Å². The van der Waals surface area contributed by atoms with Crippen molar-refractivity contribution in [1.82, 2.24) is 14.6 Å². The van der Waals surface area contributed by atoms with Crippen LogP contribution in [0.5, 0.6) is 0 Å². The van der Waals surface area contributed by atoms with E-state index in [0.717, 1.165) is 18.7 Å². The third-order valence-electron chi connectivity index (χ3n) is 4.15. The van der Waals surface area contributed by atoms with Crippen molar-refractivity contribution in [2.75, 3.05) is 6.61 Å². The Morgan fingerprint density at radius 3 is 2.84 bits per heavy atom. The van der Waals surface area contributed by atoms with Crippen LogP contribution in [0.25, 0.3) is 11.0 Å². The molecule has 1 fully saturated rings. The lowest BCUT2D eigenvalue weighted by Gasteiger charge is -2.33. The lowest BCUT2D eigenvalue weighted by Crippen LogP contribution is -2.40. The number of hydrogen-bond donors (Lipinski definition) is 0. The zero-order chi connectivity index (χ0) is 13.2. The van der Waals surface area contributed by atoms with Crippen LogP contribution in [-0.2, 0) is 11.4 Å². The van der Waals surface area contributed by atoms with Crippen LogP contribution in [0.4, 0.5) is 0 Å². The van der Waals surface area contributed by atoms with Crippen molar-refractivity contribution in [3.8, 4) is 0 Å². The van der Waals surface area contributed by atoms with Gasteiger partial charge in [0.25, 0.3) is 0 Å². The van der Waals surface area contributed by atoms with Crippen LogP contribution >= 0.6 is 0 Å². The SMILES string of the molecule is CC(C)(C)N1OC[C@@H]2Cn3c(nc4ccccc43)[C@@H]21. The Bertz CT molecular complexity index is 640. The molecule has 1 aromatic carbocycles. The van der Waals surface area contributed by atoms with Crippen molar-refractivity contribution in [2.45, 2.75) is 38.9 Å². The van der Waals surface area contributed by atoms with Crippen LogP contribution in [-0.4, -0.2) is 26.8 Å². The molecule has 0 bridgehead atoms. The Morgan fingerprint density at radius 2 is 2.05 bits per heavy atom. The van der Waals surface area contributed by atoms with Crippen molar-refractivity contribution in [1.29, 1.82) is 0 Å². The average Bonchev–Trinajstić information content (AvgIpc) is 2.96. The Hall–Kier alpha value is -1.39. The third kappa shape index (κ3) is 1.50. The standard InChI is InChI=1S/C15H19N3O/c1-15(2,3)18-13-10(9-19-18)8-17-12-7-5-4-6-11(12)16-14(13)17/h4-7,10,13H,8-9H2,1-3H3/t10-,13+/m0/s1. The lowest BCUT2D eigenvalue weighted by molar-refractivity contribution is -0.190. The number of nitrogens with zero attached hydrogens (tertiary/aromatic N) is 3. The number of imidazole rings is 1. The van der Waals surface area contributed by atoms with Gasteiger partial charge in [-0.05, 0) is 32.9 Å². The first-order valence-corrected chi connectivity index (χ1v) is 6.93. The van der Waals surface area contributed by atoms with E-state index in [4.69, 9.17) is 9.82 Å². The molecule has 0 radical (unpaired) electrons. The van der Waals surface area contributed by atoms with Gasteiger partial charge in [0.1, 0.15) is 11.9 Å². The molecule has 100 valence electrons. The van der Waals surface area contributed by atoms with Crippen molar-refractivity contribution in [2.24, 2.45) is 5.92 Å². The summed E-state index contributed by atoms with van der Waals surface area (Å²) >= 11 is 0. The van der Waals surface area contributed by atoms with E-state index in [0.29, 0.717) is 12.0 Å². The van der Waals surface area contributed by atoms with Crippen LogP contribution in [0.2, 0.25) is 0 Å². The second kappa shape index (κ2) is 3.58. The molecule has 0 N–H and O–H groups in total. The summed E-state index contributed by atoms with van der Waals surface area (Å²) in [5.41, 5.74) is 2.35. The highest BCUT2D eigenvalue weighted by molar-refractivity contribution is 5.76. The van der Waals surface area contributed by atoms with Gasteiger partial charge < -0.3 is 4.57 Å². The number of hydroxylamine groups is 2. The topological polar surface area (TPSA) is 30.3 Å². The van der Waals surface area contributed by atoms with Gasteiger partial charge in [-0.15, -0.1) is 0 Å². The Balaban J connectivity index is 1.86. The fourth-order valence-electron chi connectivity index (χ4n) is 3.36. The molecule has 19 heavy (non-hydrogen) atoms. The van der Waals surface area contributed by atoms with Crippen molar-refractivity contribution >= 4 is 11.0 Å². The van der Waals surface area contributed by atoms with Gasteiger partial charge in [0.05, 0.1) is 17.6 Å². The predicted molar refractivity (Wildman–Crippen MR) is 73.5 cm³/mol. The highest BCUT2D eigenvalue weighted by atomic mass is 16.7. The van der Waals surface area contributed by atoms with Gasteiger partial charge in [0.2, 0.25) is 0 Å². The molecule has 0 aliphatic carbocycles. The zero-order valence-corrected chi connectivity index (χ0v) is 11.6. The summed E-state index contributed by atoms with van der Waals surface area (Å²) in [5.74, 6) is 1.70. The second-order valence-electron chi connectivity index (χ2n) is 6.57. The van der Waals surface area contributed by atoms with Crippen LogP contribution in [0, 0.1) is 5.92 Å². The Kier molecular flexibility index (Phi) is 2.16. The summed E-state index contributed by atoms with van der Waals surface area (Å²) in [7, 11) is 0.